The molecule has 78 valence electrons. The molecule has 1 saturated carbocycles. The third kappa shape index (κ3) is 1.98. The van der Waals surface area contributed by atoms with Crippen LogP contribution < -0.4 is 5.32 Å². The van der Waals surface area contributed by atoms with E-state index in [-0.39, 0.29) is 0 Å². The van der Waals surface area contributed by atoms with Crippen LogP contribution in [0.2, 0.25) is 0 Å². The maximum Gasteiger partial charge on any atom is 0.0492 e. The molecule has 1 aliphatic carbocycles. The van der Waals surface area contributed by atoms with Crippen molar-refractivity contribution in [2.75, 3.05) is 6.54 Å². The largest absolute Gasteiger partial charge is 0.311 e. The summed E-state index contributed by atoms with van der Waals surface area (Å²) in [5.41, 5.74) is 1.74. The lowest BCUT2D eigenvalue weighted by Gasteiger charge is -2.39. The smallest absolute Gasteiger partial charge is 0.0492 e. The molecule has 0 amide bonds. The molecule has 1 aromatic heterocycles. The van der Waals surface area contributed by atoms with Gasteiger partial charge in [-0.25, -0.2) is 0 Å². The fraction of sp³-hybridized carbons (Fsp3) is 0.727. The van der Waals surface area contributed by atoms with E-state index in [4.69, 9.17) is 0 Å². The molecule has 0 atom stereocenters. The molecule has 3 nitrogen and oxygen atoms in total. The Morgan fingerprint density at radius 1 is 1.57 bits per heavy atom. The van der Waals surface area contributed by atoms with E-state index in [0.29, 0.717) is 5.54 Å². The number of nitrogens with one attached hydrogen (secondary N) is 1. The van der Waals surface area contributed by atoms with Gasteiger partial charge in [0.05, 0.1) is 0 Å². The van der Waals surface area contributed by atoms with Crippen LogP contribution in [0.5, 0.6) is 0 Å². The van der Waals surface area contributed by atoms with Crippen molar-refractivity contribution in [1.29, 1.82) is 0 Å². The molecular weight excluding hydrogens is 174 g/mol. The zero-order chi connectivity index (χ0) is 10.0. The molecule has 0 aromatic carbocycles. The van der Waals surface area contributed by atoms with Crippen molar-refractivity contribution < 1.29 is 0 Å². The summed E-state index contributed by atoms with van der Waals surface area (Å²) < 4.78 is 1.95. The monoisotopic (exact) mass is 193 g/mol. The summed E-state index contributed by atoms with van der Waals surface area (Å²) in [5.74, 6) is 0. The van der Waals surface area contributed by atoms with Crippen molar-refractivity contribution in [3.8, 4) is 0 Å². The average Bonchev–Trinajstić information content (AvgIpc) is 2.49. The van der Waals surface area contributed by atoms with Crippen LogP contribution in [0.25, 0.3) is 0 Å². The second kappa shape index (κ2) is 3.73. The molecule has 1 N–H and O–H groups in total. The molecule has 1 heterocycles. The van der Waals surface area contributed by atoms with E-state index in [0.717, 1.165) is 13.0 Å². The van der Waals surface area contributed by atoms with E-state index in [2.05, 4.69) is 23.4 Å². The summed E-state index contributed by atoms with van der Waals surface area (Å²) in [4.78, 5) is 0. The van der Waals surface area contributed by atoms with Gasteiger partial charge in [0.25, 0.3) is 0 Å². The highest BCUT2D eigenvalue weighted by Crippen LogP contribution is 2.30. The number of rotatable bonds is 4. The zero-order valence-electron chi connectivity index (χ0n) is 9.08. The summed E-state index contributed by atoms with van der Waals surface area (Å²) in [5, 5.41) is 7.77. The van der Waals surface area contributed by atoms with Gasteiger partial charge in [-0.3, -0.25) is 4.68 Å². The van der Waals surface area contributed by atoms with Gasteiger partial charge in [0, 0.05) is 37.4 Å². The minimum atomic E-state index is 0.429. The first kappa shape index (κ1) is 9.71. The fourth-order valence-corrected chi connectivity index (χ4v) is 2.02. The number of aryl methyl sites for hydroxylation is 1. The molecule has 1 fully saturated rings. The van der Waals surface area contributed by atoms with E-state index in [9.17, 15) is 0 Å². The van der Waals surface area contributed by atoms with Gasteiger partial charge in [0.1, 0.15) is 0 Å². The minimum Gasteiger partial charge on any atom is -0.311 e. The van der Waals surface area contributed by atoms with Gasteiger partial charge in [-0.1, -0.05) is 0 Å². The summed E-state index contributed by atoms with van der Waals surface area (Å²) in [7, 11) is 2.00. The van der Waals surface area contributed by atoms with Crippen molar-refractivity contribution in [1.82, 2.24) is 15.1 Å². The first-order valence-electron chi connectivity index (χ1n) is 5.42. The van der Waals surface area contributed by atoms with E-state index >= 15 is 0 Å². The normalized spacial score (nSPS) is 19.3. The lowest BCUT2D eigenvalue weighted by Crippen LogP contribution is -2.48. The molecule has 0 bridgehead atoms. The van der Waals surface area contributed by atoms with Crippen LogP contribution in [0.1, 0.15) is 31.9 Å². The molecule has 3 heteroatoms. The molecule has 0 aliphatic heterocycles. The summed E-state index contributed by atoms with van der Waals surface area (Å²) in [6, 6.07) is 2.09. The Bertz CT molecular complexity index is 299. The molecule has 1 aromatic rings. The topological polar surface area (TPSA) is 29.9 Å². The highest BCUT2D eigenvalue weighted by Gasteiger charge is 2.30. The Morgan fingerprint density at radius 2 is 2.36 bits per heavy atom. The molecule has 0 saturated heterocycles. The molecule has 2 rings (SSSR count). The zero-order valence-corrected chi connectivity index (χ0v) is 9.08. The van der Waals surface area contributed by atoms with E-state index in [1.54, 1.807) is 0 Å². The van der Waals surface area contributed by atoms with Crippen LogP contribution in [0.4, 0.5) is 0 Å². The number of hydrogen-bond acceptors (Lipinski definition) is 2. The van der Waals surface area contributed by atoms with E-state index < -0.39 is 0 Å². The van der Waals surface area contributed by atoms with Crippen LogP contribution >= 0.6 is 0 Å². The molecule has 0 radical (unpaired) electrons. The molecule has 0 unspecified atom stereocenters. The van der Waals surface area contributed by atoms with Gasteiger partial charge >= 0.3 is 0 Å². The molecule has 1 aliphatic rings. The molecule has 14 heavy (non-hydrogen) atoms. The van der Waals surface area contributed by atoms with Crippen molar-refractivity contribution >= 4 is 0 Å². The SMILES string of the molecule is Cn1nccc1CCNC1(C)CCC1. The van der Waals surface area contributed by atoms with Crippen molar-refractivity contribution in [3.05, 3.63) is 18.0 Å². The lowest BCUT2D eigenvalue weighted by molar-refractivity contribution is 0.210. The number of aromatic nitrogens is 2. The Morgan fingerprint density at radius 3 is 2.86 bits per heavy atom. The maximum atomic E-state index is 4.15. The van der Waals surface area contributed by atoms with Crippen LogP contribution in [0.3, 0.4) is 0 Å². The quantitative estimate of drug-likeness (QED) is 0.785. The van der Waals surface area contributed by atoms with Crippen LogP contribution in [-0.2, 0) is 13.5 Å². The van der Waals surface area contributed by atoms with Crippen molar-refractivity contribution in [2.45, 2.75) is 38.1 Å². The van der Waals surface area contributed by atoms with Gasteiger partial charge in [-0.15, -0.1) is 0 Å². The van der Waals surface area contributed by atoms with Crippen molar-refractivity contribution in [3.63, 3.8) is 0 Å². The second-order valence-electron chi connectivity index (χ2n) is 4.54. The number of hydrogen-bond donors (Lipinski definition) is 1. The molecule has 0 spiro atoms. The summed E-state index contributed by atoms with van der Waals surface area (Å²) in [6.07, 6.45) is 6.98. The first-order valence-corrected chi connectivity index (χ1v) is 5.42. The van der Waals surface area contributed by atoms with Gasteiger partial charge in [0.15, 0.2) is 0 Å². The van der Waals surface area contributed by atoms with Crippen LogP contribution in [0.15, 0.2) is 12.3 Å². The highest BCUT2D eigenvalue weighted by atomic mass is 15.3. The third-order valence-corrected chi connectivity index (χ3v) is 3.31. The number of nitrogens with zero attached hydrogens (tertiary/aromatic N) is 2. The van der Waals surface area contributed by atoms with Crippen LogP contribution in [-0.4, -0.2) is 21.9 Å². The first-order chi connectivity index (χ1) is 6.70. The van der Waals surface area contributed by atoms with Gasteiger partial charge in [0.2, 0.25) is 0 Å². The predicted molar refractivity (Wildman–Crippen MR) is 57.2 cm³/mol. The summed E-state index contributed by atoms with van der Waals surface area (Å²) >= 11 is 0. The Balaban J connectivity index is 1.75. The van der Waals surface area contributed by atoms with Gasteiger partial charge in [-0.05, 0) is 32.3 Å². The summed E-state index contributed by atoms with van der Waals surface area (Å²) in [6.45, 7) is 3.38. The van der Waals surface area contributed by atoms with E-state index in [1.165, 1.54) is 25.0 Å². The maximum absolute atomic E-state index is 4.15. The van der Waals surface area contributed by atoms with E-state index in [1.807, 2.05) is 17.9 Å². The second-order valence-corrected chi connectivity index (χ2v) is 4.54. The standard InChI is InChI=1S/C11H19N3/c1-11(6-3-7-11)12-8-4-10-5-9-13-14(10)2/h5,9,12H,3-4,6-8H2,1-2H3. The van der Waals surface area contributed by atoms with Crippen molar-refractivity contribution in [2.24, 2.45) is 7.05 Å². The average molecular weight is 193 g/mol. The highest BCUT2D eigenvalue weighted by molar-refractivity contribution is 5.01. The predicted octanol–water partition coefficient (Wildman–Crippen LogP) is 1.49. The van der Waals surface area contributed by atoms with Gasteiger partial charge < -0.3 is 5.32 Å². The fourth-order valence-electron chi connectivity index (χ4n) is 2.02. The van der Waals surface area contributed by atoms with Gasteiger partial charge in [-0.2, -0.15) is 5.10 Å². The third-order valence-electron chi connectivity index (χ3n) is 3.31. The molecular formula is C11H19N3. The lowest BCUT2D eigenvalue weighted by atomic mass is 9.78. The Hall–Kier alpha value is -0.830. The Kier molecular flexibility index (Phi) is 2.59. The Labute approximate surface area is 85.5 Å². The minimum absolute atomic E-state index is 0.429. The van der Waals surface area contributed by atoms with Crippen LogP contribution in [0, 0.1) is 0 Å².